The summed E-state index contributed by atoms with van der Waals surface area (Å²) in [7, 11) is 0. The van der Waals surface area contributed by atoms with Crippen LogP contribution >= 0.6 is 11.6 Å². The van der Waals surface area contributed by atoms with Gasteiger partial charge in [0.25, 0.3) is 11.4 Å². The summed E-state index contributed by atoms with van der Waals surface area (Å²) in [6.07, 6.45) is 8.82. The molecule has 15 nitrogen and oxygen atoms in total. The summed E-state index contributed by atoms with van der Waals surface area (Å²) < 4.78 is 10.9. The zero-order valence-electron chi connectivity index (χ0n) is 27.4. The van der Waals surface area contributed by atoms with Crippen molar-refractivity contribution in [3.63, 3.8) is 0 Å². The predicted molar refractivity (Wildman–Crippen MR) is 195 cm³/mol. The lowest BCUT2D eigenvalue weighted by Gasteiger charge is -2.03. The van der Waals surface area contributed by atoms with Gasteiger partial charge in [0.05, 0.1) is 33.8 Å². The Kier molecular flexibility index (Phi) is 14.6. The molecule has 1 N–H and O–H groups in total. The minimum absolute atomic E-state index is 0.0380. The first-order valence-corrected chi connectivity index (χ1v) is 15.6. The Labute approximate surface area is 306 Å². The Balaban J connectivity index is 0.000000177. The minimum Gasteiger partial charge on any atom is -0.415 e. The van der Waals surface area contributed by atoms with Crippen molar-refractivity contribution in [1.82, 2.24) is 24.5 Å². The van der Waals surface area contributed by atoms with Crippen LogP contribution in [0.1, 0.15) is 0 Å². The Bertz CT molecular complexity index is 2180. The molecule has 0 atom stereocenters. The SMILES string of the molecule is O=C(Cl)Oc1ccccc1.O=C(Oc1ccccc1)n1cnc(-c2cccc([N+](=O)[O-])c2)c1.O=[N+]([O-])c1cccc(-c2cnc[nH]2)c1.c1ccncc1. The number of pyridine rings is 1. The van der Waals surface area contributed by atoms with E-state index in [0.717, 1.165) is 11.3 Å². The summed E-state index contributed by atoms with van der Waals surface area (Å²) in [5, 5.41) is 21.3. The van der Waals surface area contributed by atoms with Crippen molar-refractivity contribution < 1.29 is 28.9 Å². The third-order valence-corrected chi connectivity index (χ3v) is 6.55. The lowest BCUT2D eigenvalue weighted by Crippen LogP contribution is -2.14. The zero-order chi connectivity index (χ0) is 37.8. The van der Waals surface area contributed by atoms with E-state index >= 15 is 0 Å². The van der Waals surface area contributed by atoms with E-state index in [-0.39, 0.29) is 11.4 Å². The molecule has 16 heteroatoms. The molecule has 0 amide bonds. The quantitative estimate of drug-likeness (QED) is 0.0971. The van der Waals surface area contributed by atoms with Crippen LogP contribution in [0, 0.1) is 20.2 Å². The molecular weight excluding hydrogens is 706 g/mol. The van der Waals surface area contributed by atoms with Crippen LogP contribution in [0.3, 0.4) is 0 Å². The number of aromatic nitrogens is 5. The van der Waals surface area contributed by atoms with E-state index < -0.39 is 21.4 Å². The van der Waals surface area contributed by atoms with Gasteiger partial charge in [0.1, 0.15) is 17.8 Å². The van der Waals surface area contributed by atoms with Gasteiger partial charge in [-0.05, 0) is 36.4 Å². The number of ether oxygens (including phenoxy) is 2. The number of imidazole rings is 2. The van der Waals surface area contributed by atoms with Crippen molar-refractivity contribution >= 4 is 34.5 Å². The van der Waals surface area contributed by atoms with E-state index in [1.165, 1.54) is 47.7 Å². The molecular formula is C37H28ClN7O8. The number of hydrogen-bond donors (Lipinski definition) is 1. The molecule has 0 aliphatic heterocycles. The van der Waals surface area contributed by atoms with Crippen molar-refractivity contribution in [1.29, 1.82) is 0 Å². The molecule has 7 aromatic rings. The number of H-pyrrole nitrogens is 1. The number of nitro benzene ring substituents is 2. The molecule has 0 aliphatic rings. The van der Waals surface area contributed by atoms with E-state index in [1.54, 1.807) is 91.4 Å². The standard InChI is InChI=1S/C16H11N3O4.C9H7N3O2.C7H5ClO2.C5H5N/c20-16(23-14-7-2-1-3-8-14)18-10-15(17-11-18)12-5-4-6-13(9-12)19(21)22;13-12(14)8-3-1-2-7(4-8)9-5-10-6-11-9;8-7(9)10-6-4-2-1-3-5-6;1-2-4-6-5-3-1/h1-11H;1-6H,(H,10,11);1-5H;1-5H. The van der Waals surface area contributed by atoms with E-state index in [0.29, 0.717) is 22.8 Å². The topological polar surface area (TPSA) is 198 Å². The Morgan fingerprint density at radius 1 is 0.679 bits per heavy atom. The van der Waals surface area contributed by atoms with E-state index in [4.69, 9.17) is 16.3 Å². The summed E-state index contributed by atoms with van der Waals surface area (Å²) in [6, 6.07) is 35.5. The average Bonchev–Trinajstić information content (AvgIpc) is 3.91. The van der Waals surface area contributed by atoms with Crippen LogP contribution in [0.4, 0.5) is 21.0 Å². The highest BCUT2D eigenvalue weighted by Gasteiger charge is 2.13. The molecule has 0 spiro atoms. The molecule has 0 bridgehead atoms. The maximum absolute atomic E-state index is 12.0. The van der Waals surface area contributed by atoms with E-state index in [1.807, 2.05) is 30.3 Å². The molecule has 266 valence electrons. The maximum atomic E-state index is 12.0. The van der Waals surface area contributed by atoms with Crippen LogP contribution in [0.25, 0.3) is 22.5 Å². The normalized spacial score (nSPS) is 9.68. The van der Waals surface area contributed by atoms with Gasteiger partial charge in [0, 0.05) is 65.6 Å². The van der Waals surface area contributed by atoms with Gasteiger partial charge in [-0.15, -0.1) is 0 Å². The van der Waals surface area contributed by atoms with Gasteiger partial charge in [-0.25, -0.2) is 24.1 Å². The fourth-order valence-electron chi connectivity index (χ4n) is 4.09. The minimum atomic E-state index is -0.814. The van der Waals surface area contributed by atoms with Gasteiger partial charge >= 0.3 is 11.5 Å². The van der Waals surface area contributed by atoms with Crippen LogP contribution in [0.2, 0.25) is 0 Å². The van der Waals surface area contributed by atoms with Gasteiger partial charge in [-0.2, -0.15) is 0 Å². The van der Waals surface area contributed by atoms with Gasteiger partial charge in [0.2, 0.25) is 0 Å². The monoisotopic (exact) mass is 733 g/mol. The van der Waals surface area contributed by atoms with Gasteiger partial charge in [0.15, 0.2) is 0 Å². The number of nitro groups is 2. The third-order valence-electron chi connectivity index (χ3n) is 6.47. The summed E-state index contributed by atoms with van der Waals surface area (Å²) in [6.45, 7) is 0. The fourth-order valence-corrected chi connectivity index (χ4v) is 4.18. The summed E-state index contributed by atoms with van der Waals surface area (Å²) >= 11 is 4.95. The van der Waals surface area contributed by atoms with Crippen molar-refractivity contribution in [3.8, 4) is 34.0 Å². The van der Waals surface area contributed by atoms with Gasteiger partial charge in [-0.3, -0.25) is 25.2 Å². The molecule has 0 fully saturated rings. The number of aromatic amines is 1. The first-order chi connectivity index (χ1) is 25.7. The number of rotatable bonds is 6. The molecule has 3 heterocycles. The molecule has 0 saturated carbocycles. The van der Waals surface area contributed by atoms with Gasteiger partial charge in [-0.1, -0.05) is 66.7 Å². The number of carbonyl (C=O) groups is 2. The smallest absolute Gasteiger partial charge is 0.415 e. The molecule has 0 saturated heterocycles. The number of carbonyl (C=O) groups excluding carboxylic acids is 2. The second kappa shape index (κ2) is 20.2. The highest BCUT2D eigenvalue weighted by molar-refractivity contribution is 6.61. The summed E-state index contributed by atoms with van der Waals surface area (Å²) in [5.41, 5.74) is 1.75. The summed E-state index contributed by atoms with van der Waals surface area (Å²) in [5.74, 6) is 0.880. The van der Waals surface area contributed by atoms with Gasteiger partial charge < -0.3 is 14.5 Å². The first kappa shape index (κ1) is 38.3. The van der Waals surface area contributed by atoms with E-state index in [2.05, 4.69) is 24.7 Å². The van der Waals surface area contributed by atoms with Crippen LogP contribution in [-0.2, 0) is 0 Å². The molecule has 53 heavy (non-hydrogen) atoms. The van der Waals surface area contributed by atoms with Crippen LogP contribution in [-0.4, -0.2) is 45.9 Å². The number of hydrogen-bond acceptors (Lipinski definition) is 11. The highest BCUT2D eigenvalue weighted by Crippen LogP contribution is 2.23. The molecule has 0 aliphatic carbocycles. The second-order valence-corrected chi connectivity index (χ2v) is 10.4. The number of nitrogens with zero attached hydrogens (tertiary/aromatic N) is 6. The van der Waals surface area contributed by atoms with Crippen LogP contribution in [0.15, 0.2) is 165 Å². The van der Waals surface area contributed by atoms with Crippen LogP contribution < -0.4 is 9.47 Å². The molecule has 4 aromatic carbocycles. The first-order valence-electron chi connectivity index (χ1n) is 15.3. The largest absolute Gasteiger partial charge is 0.424 e. The average molecular weight is 734 g/mol. The summed E-state index contributed by atoms with van der Waals surface area (Å²) in [4.78, 5) is 57.2. The second-order valence-electron chi connectivity index (χ2n) is 10.1. The Morgan fingerprint density at radius 3 is 1.72 bits per heavy atom. The lowest BCUT2D eigenvalue weighted by molar-refractivity contribution is -0.385. The number of non-ortho nitro benzene ring substituents is 2. The highest BCUT2D eigenvalue weighted by atomic mass is 35.5. The fraction of sp³-hybridized carbons (Fsp3) is 0. The third kappa shape index (κ3) is 13.0. The molecule has 0 radical (unpaired) electrons. The van der Waals surface area contributed by atoms with E-state index in [9.17, 15) is 29.8 Å². The van der Waals surface area contributed by atoms with Crippen molar-refractivity contribution in [2.75, 3.05) is 0 Å². The lowest BCUT2D eigenvalue weighted by atomic mass is 10.1. The Hall–Kier alpha value is -7.52. The predicted octanol–water partition coefficient (Wildman–Crippen LogP) is 9.00. The number of para-hydroxylation sites is 2. The Morgan fingerprint density at radius 2 is 1.23 bits per heavy atom. The van der Waals surface area contributed by atoms with Crippen molar-refractivity contribution in [3.05, 3.63) is 185 Å². The molecule has 7 rings (SSSR count). The molecule has 3 aromatic heterocycles. The molecule has 0 unspecified atom stereocenters. The van der Waals surface area contributed by atoms with Crippen molar-refractivity contribution in [2.45, 2.75) is 0 Å². The maximum Gasteiger partial charge on any atom is 0.424 e. The van der Waals surface area contributed by atoms with Crippen LogP contribution in [0.5, 0.6) is 11.5 Å². The van der Waals surface area contributed by atoms with Crippen molar-refractivity contribution in [2.24, 2.45) is 0 Å². The number of halogens is 1. The zero-order valence-corrected chi connectivity index (χ0v) is 28.2. The number of nitrogens with one attached hydrogen (secondary N) is 1. The number of benzene rings is 4.